The largest absolute Gasteiger partial charge is 0.490 e. The molecule has 21 heavy (non-hydrogen) atoms. The Morgan fingerprint density at radius 2 is 2.05 bits per heavy atom. The van der Waals surface area contributed by atoms with Crippen LogP contribution < -0.4 is 10.5 Å². The van der Waals surface area contributed by atoms with Gasteiger partial charge in [0, 0.05) is 18.9 Å². The van der Waals surface area contributed by atoms with E-state index in [4.69, 9.17) is 15.2 Å². The minimum atomic E-state index is 0.122. The second-order valence-corrected chi connectivity index (χ2v) is 6.94. The SMILES string of the molecule is NC1CCc2c(OC3CCOC4(CCCC4)C3)cccc21. The lowest BCUT2D eigenvalue weighted by Gasteiger charge is -2.38. The van der Waals surface area contributed by atoms with Crippen molar-refractivity contribution in [1.82, 2.24) is 0 Å². The summed E-state index contributed by atoms with van der Waals surface area (Å²) in [6.45, 7) is 0.846. The van der Waals surface area contributed by atoms with Crippen molar-refractivity contribution < 1.29 is 9.47 Å². The Labute approximate surface area is 126 Å². The lowest BCUT2D eigenvalue weighted by molar-refractivity contribution is -0.108. The van der Waals surface area contributed by atoms with Gasteiger partial charge in [-0.15, -0.1) is 0 Å². The summed E-state index contributed by atoms with van der Waals surface area (Å²) in [5, 5.41) is 0. The molecule has 3 aliphatic rings. The second kappa shape index (κ2) is 5.29. The van der Waals surface area contributed by atoms with Crippen LogP contribution in [0, 0.1) is 0 Å². The van der Waals surface area contributed by atoms with E-state index >= 15 is 0 Å². The van der Waals surface area contributed by atoms with Gasteiger partial charge in [-0.05, 0) is 42.9 Å². The van der Waals surface area contributed by atoms with Gasteiger partial charge in [0.15, 0.2) is 0 Å². The topological polar surface area (TPSA) is 44.5 Å². The number of fused-ring (bicyclic) bond motifs is 1. The smallest absolute Gasteiger partial charge is 0.123 e. The molecule has 2 fully saturated rings. The van der Waals surface area contributed by atoms with Gasteiger partial charge < -0.3 is 15.2 Å². The lowest BCUT2D eigenvalue weighted by Crippen LogP contribution is -2.41. The summed E-state index contributed by atoms with van der Waals surface area (Å²) >= 11 is 0. The lowest BCUT2D eigenvalue weighted by atomic mass is 9.90. The van der Waals surface area contributed by atoms with Crippen molar-refractivity contribution in [3.05, 3.63) is 29.3 Å². The van der Waals surface area contributed by atoms with Gasteiger partial charge in [0.25, 0.3) is 0 Å². The molecule has 1 saturated heterocycles. The first-order valence-electron chi connectivity index (χ1n) is 8.44. The van der Waals surface area contributed by atoms with Crippen LogP contribution in [0.4, 0.5) is 0 Å². The number of hydrogen-bond donors (Lipinski definition) is 1. The van der Waals surface area contributed by atoms with Gasteiger partial charge in [0.2, 0.25) is 0 Å². The Morgan fingerprint density at radius 1 is 1.19 bits per heavy atom. The van der Waals surface area contributed by atoms with Gasteiger partial charge in [0.05, 0.1) is 12.2 Å². The molecule has 2 aliphatic carbocycles. The van der Waals surface area contributed by atoms with E-state index in [0.29, 0.717) is 6.10 Å². The molecule has 1 aliphatic heterocycles. The molecule has 1 spiro atoms. The van der Waals surface area contributed by atoms with Crippen molar-refractivity contribution in [1.29, 1.82) is 0 Å². The Kier molecular flexibility index (Phi) is 3.43. The molecule has 4 rings (SSSR count). The molecule has 2 atom stereocenters. The van der Waals surface area contributed by atoms with E-state index in [-0.39, 0.29) is 11.6 Å². The molecule has 1 aromatic carbocycles. The summed E-state index contributed by atoms with van der Waals surface area (Å²) in [5.41, 5.74) is 8.92. The number of ether oxygens (including phenoxy) is 2. The van der Waals surface area contributed by atoms with Crippen LogP contribution in [0.5, 0.6) is 5.75 Å². The third kappa shape index (κ3) is 2.47. The summed E-state index contributed by atoms with van der Waals surface area (Å²) in [5.74, 6) is 1.07. The van der Waals surface area contributed by atoms with Crippen LogP contribution in [-0.4, -0.2) is 18.3 Å². The first-order valence-corrected chi connectivity index (χ1v) is 8.44. The number of benzene rings is 1. The number of rotatable bonds is 2. The van der Waals surface area contributed by atoms with Crippen LogP contribution in [0.1, 0.15) is 62.1 Å². The molecule has 1 heterocycles. The Hall–Kier alpha value is -1.06. The van der Waals surface area contributed by atoms with Crippen molar-refractivity contribution in [2.75, 3.05) is 6.61 Å². The minimum absolute atomic E-state index is 0.122. The standard InChI is InChI=1S/C18H25NO2/c19-16-7-6-15-14(16)4-3-5-17(15)21-13-8-11-20-18(12-13)9-1-2-10-18/h3-5,13,16H,1-2,6-12,19H2. The molecule has 1 aromatic rings. The van der Waals surface area contributed by atoms with Crippen LogP contribution in [0.3, 0.4) is 0 Å². The van der Waals surface area contributed by atoms with E-state index in [0.717, 1.165) is 38.0 Å². The van der Waals surface area contributed by atoms with Gasteiger partial charge in [-0.2, -0.15) is 0 Å². The third-order valence-corrected chi connectivity index (χ3v) is 5.53. The highest BCUT2D eigenvalue weighted by Crippen LogP contribution is 2.42. The molecule has 114 valence electrons. The van der Waals surface area contributed by atoms with Crippen molar-refractivity contribution in [2.45, 2.75) is 69.1 Å². The maximum absolute atomic E-state index is 6.40. The molecule has 1 saturated carbocycles. The Balaban J connectivity index is 1.51. The molecular weight excluding hydrogens is 262 g/mol. The molecule has 3 nitrogen and oxygen atoms in total. The maximum Gasteiger partial charge on any atom is 0.123 e. The van der Waals surface area contributed by atoms with E-state index in [2.05, 4.69) is 18.2 Å². The summed E-state index contributed by atoms with van der Waals surface area (Å²) < 4.78 is 12.5. The summed E-state index contributed by atoms with van der Waals surface area (Å²) in [6.07, 6.45) is 9.52. The highest BCUT2D eigenvalue weighted by Gasteiger charge is 2.41. The average molecular weight is 287 g/mol. The molecule has 0 bridgehead atoms. The zero-order valence-corrected chi connectivity index (χ0v) is 12.6. The highest BCUT2D eigenvalue weighted by atomic mass is 16.5. The zero-order valence-electron chi connectivity index (χ0n) is 12.6. The van der Waals surface area contributed by atoms with Crippen LogP contribution in [0.25, 0.3) is 0 Å². The minimum Gasteiger partial charge on any atom is -0.490 e. The molecule has 2 unspecified atom stereocenters. The predicted molar refractivity (Wildman–Crippen MR) is 82.5 cm³/mol. The van der Waals surface area contributed by atoms with E-state index < -0.39 is 0 Å². The van der Waals surface area contributed by atoms with Gasteiger partial charge in [0.1, 0.15) is 11.9 Å². The highest BCUT2D eigenvalue weighted by molar-refractivity contribution is 5.45. The molecule has 0 aromatic heterocycles. The van der Waals surface area contributed by atoms with Crippen molar-refractivity contribution in [3.8, 4) is 5.75 Å². The molecule has 3 heteroatoms. The first-order chi connectivity index (χ1) is 10.3. The van der Waals surface area contributed by atoms with Gasteiger partial charge >= 0.3 is 0 Å². The second-order valence-electron chi connectivity index (χ2n) is 6.94. The van der Waals surface area contributed by atoms with Crippen LogP contribution >= 0.6 is 0 Å². The quantitative estimate of drug-likeness (QED) is 0.905. The maximum atomic E-state index is 6.40. The summed E-state index contributed by atoms with van der Waals surface area (Å²) in [7, 11) is 0. The zero-order chi connectivity index (χ0) is 14.3. The molecule has 0 amide bonds. The fourth-order valence-electron chi connectivity index (χ4n) is 4.39. The Morgan fingerprint density at radius 3 is 2.90 bits per heavy atom. The van der Waals surface area contributed by atoms with E-state index in [1.54, 1.807) is 0 Å². The van der Waals surface area contributed by atoms with E-state index in [1.165, 1.54) is 36.8 Å². The number of nitrogens with two attached hydrogens (primary N) is 1. The number of hydrogen-bond acceptors (Lipinski definition) is 3. The first kappa shape index (κ1) is 13.6. The molecule has 2 N–H and O–H groups in total. The fraction of sp³-hybridized carbons (Fsp3) is 0.667. The third-order valence-electron chi connectivity index (χ3n) is 5.53. The molecular formula is C18H25NO2. The predicted octanol–water partition coefficient (Wildman–Crippen LogP) is 3.50. The Bertz CT molecular complexity index is 522. The summed E-state index contributed by atoms with van der Waals surface area (Å²) in [6, 6.07) is 6.55. The van der Waals surface area contributed by atoms with Crippen molar-refractivity contribution in [3.63, 3.8) is 0 Å². The normalized spacial score (nSPS) is 30.5. The molecule has 0 radical (unpaired) electrons. The van der Waals surface area contributed by atoms with Crippen molar-refractivity contribution in [2.24, 2.45) is 5.73 Å². The van der Waals surface area contributed by atoms with Crippen LogP contribution in [0.15, 0.2) is 18.2 Å². The van der Waals surface area contributed by atoms with E-state index in [9.17, 15) is 0 Å². The van der Waals surface area contributed by atoms with Crippen molar-refractivity contribution >= 4 is 0 Å². The van der Waals surface area contributed by atoms with Gasteiger partial charge in [-0.3, -0.25) is 0 Å². The van der Waals surface area contributed by atoms with Crippen LogP contribution in [0.2, 0.25) is 0 Å². The van der Waals surface area contributed by atoms with Crippen LogP contribution in [-0.2, 0) is 11.2 Å². The average Bonchev–Trinajstić information content (AvgIpc) is 3.08. The summed E-state index contributed by atoms with van der Waals surface area (Å²) in [4.78, 5) is 0. The fourth-order valence-corrected chi connectivity index (χ4v) is 4.39. The van der Waals surface area contributed by atoms with E-state index in [1.807, 2.05) is 0 Å². The van der Waals surface area contributed by atoms with Gasteiger partial charge in [-0.1, -0.05) is 25.0 Å². The van der Waals surface area contributed by atoms with Gasteiger partial charge in [-0.25, -0.2) is 0 Å². The monoisotopic (exact) mass is 287 g/mol.